The van der Waals surface area contributed by atoms with Crippen LogP contribution in [-0.2, 0) is 24.4 Å². The molecular weight excluding hydrogens is 311 g/mol. The molecule has 0 amide bonds. The minimum absolute atomic E-state index is 0.310. The maximum absolute atomic E-state index is 12.2. The molecule has 11 heteroatoms. The van der Waals surface area contributed by atoms with E-state index in [4.69, 9.17) is 0 Å². The van der Waals surface area contributed by atoms with Crippen LogP contribution in [0, 0.1) is 0 Å². The van der Waals surface area contributed by atoms with Crippen molar-refractivity contribution in [3.63, 3.8) is 0 Å². The van der Waals surface area contributed by atoms with Crippen molar-refractivity contribution in [3.8, 4) is 0 Å². The summed E-state index contributed by atoms with van der Waals surface area (Å²) in [5.74, 6) is 0. The third kappa shape index (κ3) is 3.81. The number of para-hydroxylation sites is 1. The maximum atomic E-state index is 12.2. The van der Waals surface area contributed by atoms with Crippen molar-refractivity contribution in [3.05, 3.63) is 30.3 Å². The normalized spacial score (nSPS) is 13.3. The van der Waals surface area contributed by atoms with Crippen LogP contribution in [0.4, 0.5) is 18.9 Å². The molecule has 0 saturated carbocycles. The lowest BCUT2D eigenvalue weighted by Gasteiger charge is -2.20. The van der Waals surface area contributed by atoms with Crippen molar-refractivity contribution in [2.75, 3.05) is 10.7 Å². The van der Waals surface area contributed by atoms with E-state index in [0.717, 1.165) is 12.1 Å². The van der Waals surface area contributed by atoms with Crippen molar-refractivity contribution in [1.29, 1.82) is 0 Å². The number of hydrogen-bond acceptors (Lipinski definition) is 5. The van der Waals surface area contributed by atoms with E-state index in [0.29, 0.717) is 6.26 Å². The second-order valence-electron chi connectivity index (χ2n) is 3.30. The highest BCUT2D eigenvalue weighted by Gasteiger charge is 2.50. The number of nitrogens with zero attached hydrogens (tertiary/aromatic N) is 1. The summed E-state index contributed by atoms with van der Waals surface area (Å²) >= 11 is 0. The summed E-state index contributed by atoms with van der Waals surface area (Å²) in [5.41, 5.74) is -6.11. The van der Waals surface area contributed by atoms with Gasteiger partial charge in [0.2, 0.25) is 0 Å². The Morgan fingerprint density at radius 3 is 1.89 bits per heavy atom. The summed E-state index contributed by atoms with van der Waals surface area (Å²) in [6.45, 7) is 0. The van der Waals surface area contributed by atoms with E-state index in [9.17, 15) is 30.0 Å². The van der Waals surface area contributed by atoms with Gasteiger partial charge in [0.15, 0.2) is 0 Å². The molecule has 0 aliphatic heterocycles. The smallest absolute Gasteiger partial charge is 0.205 e. The summed E-state index contributed by atoms with van der Waals surface area (Å²) in [6, 6.07) is 6.22. The van der Waals surface area contributed by atoms with Crippen LogP contribution in [0.25, 0.3) is 0 Å². The molecule has 6 nitrogen and oxygen atoms in total. The molecule has 0 aliphatic rings. The molecule has 0 bridgehead atoms. The van der Waals surface area contributed by atoms with Gasteiger partial charge in [0.25, 0.3) is 10.0 Å². The van der Waals surface area contributed by atoms with E-state index >= 15 is 0 Å². The van der Waals surface area contributed by atoms with Crippen LogP contribution in [0.3, 0.4) is 0 Å². The topological polar surface area (TPSA) is 80.8 Å². The zero-order valence-electron chi connectivity index (χ0n) is 9.33. The van der Waals surface area contributed by atoms with Crippen molar-refractivity contribution >= 4 is 25.8 Å². The second kappa shape index (κ2) is 4.98. The van der Waals surface area contributed by atoms with Crippen molar-refractivity contribution in [2.24, 2.45) is 0 Å². The molecule has 0 aliphatic carbocycles. The summed E-state index contributed by atoms with van der Waals surface area (Å²) < 4.78 is 84.1. The molecule has 1 aromatic rings. The highest BCUT2D eigenvalue weighted by atomic mass is 32.2. The highest BCUT2D eigenvalue weighted by molar-refractivity contribution is 7.93. The molecule has 0 N–H and O–H groups in total. The molecular formula is C8H8F3NO5S2. The quantitative estimate of drug-likeness (QED) is 0.616. The average molecular weight is 319 g/mol. The van der Waals surface area contributed by atoms with Gasteiger partial charge >= 0.3 is 15.6 Å². The minimum atomic E-state index is -6.08. The molecule has 19 heavy (non-hydrogen) atoms. The van der Waals surface area contributed by atoms with Crippen LogP contribution in [0.2, 0.25) is 0 Å². The van der Waals surface area contributed by atoms with Crippen LogP contribution in [0.5, 0.6) is 0 Å². The van der Waals surface area contributed by atoms with Crippen LogP contribution >= 0.6 is 0 Å². The zero-order valence-corrected chi connectivity index (χ0v) is 11.0. The molecule has 0 saturated heterocycles. The first-order valence-electron chi connectivity index (χ1n) is 4.51. The lowest BCUT2D eigenvalue weighted by atomic mass is 10.3. The Morgan fingerprint density at radius 2 is 1.53 bits per heavy atom. The Bertz CT molecular complexity index is 639. The van der Waals surface area contributed by atoms with Crippen molar-refractivity contribution in [1.82, 2.24) is 0 Å². The standard InChI is InChI=1S/C8H8F3NO5S2/c1-18(13,14)12(7-5-3-2-4-6-7)17-19(15,16)8(9,10)11/h2-6H,1H3. The van der Waals surface area contributed by atoms with E-state index in [-0.39, 0.29) is 10.2 Å². The van der Waals surface area contributed by atoms with Crippen molar-refractivity contribution < 1.29 is 34.3 Å². The number of benzene rings is 1. The van der Waals surface area contributed by atoms with E-state index in [1.807, 2.05) is 0 Å². The predicted octanol–water partition coefficient (Wildman–Crippen LogP) is 1.23. The van der Waals surface area contributed by atoms with E-state index in [2.05, 4.69) is 4.28 Å². The Kier molecular flexibility index (Phi) is 4.12. The lowest BCUT2D eigenvalue weighted by molar-refractivity contribution is -0.0538. The van der Waals surface area contributed by atoms with Crippen LogP contribution in [0.1, 0.15) is 0 Å². The molecule has 0 spiro atoms. The second-order valence-corrected chi connectivity index (χ2v) is 6.62. The molecule has 108 valence electrons. The van der Waals surface area contributed by atoms with Gasteiger partial charge in [0.1, 0.15) is 0 Å². The van der Waals surface area contributed by atoms with E-state index < -0.39 is 25.6 Å². The zero-order chi connectivity index (χ0) is 14.9. The van der Waals surface area contributed by atoms with Gasteiger partial charge in [0, 0.05) is 0 Å². The van der Waals surface area contributed by atoms with Gasteiger partial charge in [0.05, 0.1) is 11.9 Å². The molecule has 0 atom stereocenters. The first-order chi connectivity index (χ1) is 8.45. The number of sulfonamides is 1. The SMILES string of the molecule is CS(=O)(=O)N(OS(=O)(=O)C(F)(F)F)c1ccccc1. The first kappa shape index (κ1) is 15.7. The predicted molar refractivity (Wildman–Crippen MR) is 59.8 cm³/mol. The Morgan fingerprint density at radius 1 is 1.05 bits per heavy atom. The summed E-state index contributed by atoms with van der Waals surface area (Å²) in [5, 5.41) is 0. The Balaban J connectivity index is 3.25. The minimum Gasteiger partial charge on any atom is -0.205 e. The first-order valence-corrected chi connectivity index (χ1v) is 7.77. The van der Waals surface area contributed by atoms with E-state index in [1.54, 1.807) is 0 Å². The molecule has 1 rings (SSSR count). The molecule has 0 aromatic heterocycles. The summed E-state index contributed by atoms with van der Waals surface area (Å²) in [7, 11) is -10.5. The number of hydrogen-bond donors (Lipinski definition) is 0. The van der Waals surface area contributed by atoms with E-state index in [1.165, 1.54) is 18.2 Å². The van der Waals surface area contributed by atoms with Crippen LogP contribution in [0.15, 0.2) is 30.3 Å². The van der Waals surface area contributed by atoms with Gasteiger partial charge in [-0.05, 0) is 12.1 Å². The number of anilines is 1. The number of alkyl halides is 3. The van der Waals surface area contributed by atoms with Gasteiger partial charge < -0.3 is 0 Å². The molecule has 0 unspecified atom stereocenters. The lowest BCUT2D eigenvalue weighted by Crippen LogP contribution is -2.37. The van der Waals surface area contributed by atoms with Gasteiger partial charge in [-0.25, -0.2) is 8.42 Å². The van der Waals surface area contributed by atoms with Gasteiger partial charge in [-0.15, -0.1) is 8.75 Å². The Hall–Kier alpha value is -1.33. The molecule has 0 fully saturated rings. The highest BCUT2D eigenvalue weighted by Crippen LogP contribution is 2.28. The monoisotopic (exact) mass is 319 g/mol. The maximum Gasteiger partial charge on any atom is 0.525 e. The van der Waals surface area contributed by atoms with Crippen molar-refractivity contribution in [2.45, 2.75) is 5.51 Å². The molecule has 0 radical (unpaired) electrons. The largest absolute Gasteiger partial charge is 0.525 e. The average Bonchev–Trinajstić information content (AvgIpc) is 2.24. The Labute approximate surface area is 107 Å². The summed E-state index contributed by atoms with van der Waals surface area (Å²) in [4.78, 5) is 0. The molecule has 1 aromatic carbocycles. The fourth-order valence-corrected chi connectivity index (χ4v) is 2.51. The summed E-state index contributed by atoms with van der Waals surface area (Å²) in [6.07, 6.45) is 0.506. The number of halogens is 3. The number of rotatable bonds is 4. The van der Waals surface area contributed by atoms with Crippen LogP contribution in [-0.4, -0.2) is 28.6 Å². The van der Waals surface area contributed by atoms with Crippen LogP contribution < -0.4 is 4.47 Å². The fraction of sp³-hybridized carbons (Fsp3) is 0.250. The van der Waals surface area contributed by atoms with Gasteiger partial charge in [-0.1, -0.05) is 18.2 Å². The third-order valence-corrected chi connectivity index (χ3v) is 3.61. The fourth-order valence-electron chi connectivity index (χ4n) is 0.971. The third-order valence-electron chi connectivity index (χ3n) is 1.72. The van der Waals surface area contributed by atoms with Gasteiger partial charge in [-0.2, -0.15) is 21.6 Å². The molecule has 0 heterocycles. The van der Waals surface area contributed by atoms with Gasteiger partial charge in [-0.3, -0.25) is 0 Å².